The summed E-state index contributed by atoms with van der Waals surface area (Å²) in [6.45, 7) is 8.01. The van der Waals surface area contributed by atoms with Gasteiger partial charge < -0.3 is 10.5 Å². The molecule has 1 fully saturated rings. The van der Waals surface area contributed by atoms with Gasteiger partial charge in [-0.25, -0.2) is 0 Å². The van der Waals surface area contributed by atoms with Gasteiger partial charge in [0.25, 0.3) is 0 Å². The minimum absolute atomic E-state index is 0.0549. The Morgan fingerprint density at radius 2 is 1.88 bits per heavy atom. The molecule has 2 N–H and O–H groups in total. The van der Waals surface area contributed by atoms with Crippen molar-refractivity contribution in [3.05, 3.63) is 57.1 Å². The molecule has 0 bridgehead atoms. The average Bonchev–Trinajstić information content (AvgIpc) is 2.99. The third-order valence-electron chi connectivity index (χ3n) is 5.75. The van der Waals surface area contributed by atoms with Crippen LogP contribution in [0.15, 0.2) is 34.8 Å². The number of halogens is 1. The van der Waals surface area contributed by atoms with Crippen molar-refractivity contribution in [3.63, 3.8) is 0 Å². The number of carbonyl (C=O) groups excluding carboxylic acids is 1. The van der Waals surface area contributed by atoms with Gasteiger partial charge in [-0.3, -0.25) is 9.69 Å². The van der Waals surface area contributed by atoms with Crippen LogP contribution in [0.2, 0.25) is 0 Å². The molecular weight excluding hydrogens is 392 g/mol. The predicted octanol–water partition coefficient (Wildman–Crippen LogP) is 3.69. The topological polar surface area (TPSA) is 55.6 Å². The Balaban J connectivity index is 1.74. The Hall–Kier alpha value is -1.69. The number of nitrogens with two attached hydrogens (primary N) is 1. The first-order chi connectivity index (χ1) is 12.4. The number of morpholine rings is 1. The molecule has 2 aromatic rings. The van der Waals surface area contributed by atoms with Crippen molar-refractivity contribution in [1.29, 1.82) is 0 Å². The average molecular weight is 415 g/mol. The molecule has 136 valence electrons. The molecule has 2 aliphatic rings. The van der Waals surface area contributed by atoms with Gasteiger partial charge in [0.2, 0.25) is 5.91 Å². The molecule has 4 rings (SSSR count). The fourth-order valence-electron chi connectivity index (χ4n) is 4.17. The molecule has 5 heteroatoms. The summed E-state index contributed by atoms with van der Waals surface area (Å²) < 4.78 is 6.39. The molecular formula is C21H23BrN2O2. The van der Waals surface area contributed by atoms with E-state index in [0.29, 0.717) is 5.56 Å². The van der Waals surface area contributed by atoms with E-state index in [1.807, 2.05) is 6.07 Å². The van der Waals surface area contributed by atoms with E-state index in [-0.39, 0.29) is 11.4 Å². The smallest absolute Gasteiger partial charge is 0.249 e. The molecule has 1 saturated heterocycles. The first-order valence-corrected chi connectivity index (χ1v) is 9.76. The number of ether oxygens (including phenoxy) is 1. The van der Waals surface area contributed by atoms with Crippen LogP contribution in [0.25, 0.3) is 11.1 Å². The first-order valence-electron chi connectivity index (χ1n) is 8.97. The molecule has 4 nitrogen and oxygen atoms in total. The molecule has 1 aliphatic heterocycles. The number of hydrogen-bond donors (Lipinski definition) is 1. The molecule has 1 aliphatic carbocycles. The van der Waals surface area contributed by atoms with E-state index in [0.717, 1.165) is 48.3 Å². The number of fused-ring (bicyclic) bond motifs is 3. The first kappa shape index (κ1) is 17.7. The molecule has 2 aromatic carbocycles. The molecule has 0 radical (unpaired) electrons. The van der Waals surface area contributed by atoms with Gasteiger partial charge in [-0.2, -0.15) is 0 Å². The van der Waals surface area contributed by atoms with Gasteiger partial charge in [0.15, 0.2) is 0 Å². The minimum Gasteiger partial charge on any atom is -0.379 e. The van der Waals surface area contributed by atoms with Crippen LogP contribution in [0, 0.1) is 0 Å². The lowest BCUT2D eigenvalue weighted by molar-refractivity contribution is -0.0118. The van der Waals surface area contributed by atoms with E-state index >= 15 is 0 Å². The Bertz CT molecular complexity index is 886. The van der Waals surface area contributed by atoms with Crippen LogP contribution >= 0.6 is 15.9 Å². The summed E-state index contributed by atoms with van der Waals surface area (Å²) in [5.41, 5.74) is 12.1. The second kappa shape index (κ2) is 6.48. The summed E-state index contributed by atoms with van der Waals surface area (Å²) in [7, 11) is 0. The van der Waals surface area contributed by atoms with E-state index in [2.05, 4.69) is 58.9 Å². The predicted molar refractivity (Wildman–Crippen MR) is 106 cm³/mol. The minimum atomic E-state index is -0.371. The third-order valence-corrected chi connectivity index (χ3v) is 6.21. The lowest BCUT2D eigenvalue weighted by Gasteiger charge is -2.41. The van der Waals surface area contributed by atoms with Gasteiger partial charge in [-0.1, -0.05) is 34.1 Å². The number of hydrogen-bond acceptors (Lipinski definition) is 3. The molecule has 26 heavy (non-hydrogen) atoms. The van der Waals surface area contributed by atoms with Gasteiger partial charge in [0.05, 0.1) is 13.2 Å². The van der Waals surface area contributed by atoms with Crippen LogP contribution < -0.4 is 5.73 Å². The molecule has 1 heterocycles. The zero-order chi connectivity index (χ0) is 18.5. The largest absolute Gasteiger partial charge is 0.379 e. The third kappa shape index (κ3) is 2.88. The van der Waals surface area contributed by atoms with Crippen LogP contribution in [-0.2, 0) is 16.7 Å². The van der Waals surface area contributed by atoms with Gasteiger partial charge >= 0.3 is 0 Å². The van der Waals surface area contributed by atoms with E-state index < -0.39 is 0 Å². The second-order valence-corrected chi connectivity index (χ2v) is 8.47. The van der Waals surface area contributed by atoms with Crippen molar-refractivity contribution in [3.8, 4) is 11.1 Å². The molecule has 0 aromatic heterocycles. The maximum atomic E-state index is 11.9. The fourth-order valence-corrected chi connectivity index (χ4v) is 4.62. The molecule has 0 spiro atoms. The Labute approximate surface area is 162 Å². The second-order valence-electron chi connectivity index (χ2n) is 7.55. The summed E-state index contributed by atoms with van der Waals surface area (Å²) in [6, 6.07) is 10.6. The van der Waals surface area contributed by atoms with Crippen molar-refractivity contribution in [2.24, 2.45) is 5.73 Å². The van der Waals surface area contributed by atoms with Crippen LogP contribution in [0.1, 0.15) is 40.9 Å². The monoisotopic (exact) mass is 414 g/mol. The van der Waals surface area contributed by atoms with Gasteiger partial charge in [0.1, 0.15) is 0 Å². The quantitative estimate of drug-likeness (QED) is 0.710. The summed E-state index contributed by atoms with van der Waals surface area (Å²) in [4.78, 5) is 14.4. The van der Waals surface area contributed by atoms with Crippen LogP contribution in [0.3, 0.4) is 0 Å². The lowest BCUT2D eigenvalue weighted by Crippen LogP contribution is -2.47. The highest BCUT2D eigenvalue weighted by Crippen LogP contribution is 2.42. The van der Waals surface area contributed by atoms with Gasteiger partial charge in [-0.15, -0.1) is 0 Å². The molecule has 0 unspecified atom stereocenters. The van der Waals surface area contributed by atoms with E-state index in [1.54, 1.807) is 0 Å². The van der Waals surface area contributed by atoms with E-state index in [4.69, 9.17) is 10.5 Å². The number of nitrogens with zero attached hydrogens (tertiary/aromatic N) is 1. The number of amides is 1. The van der Waals surface area contributed by atoms with Crippen molar-refractivity contribution < 1.29 is 9.53 Å². The van der Waals surface area contributed by atoms with Crippen molar-refractivity contribution in [1.82, 2.24) is 4.90 Å². The van der Waals surface area contributed by atoms with Crippen LogP contribution in [-0.4, -0.2) is 37.1 Å². The number of rotatable bonds is 3. The van der Waals surface area contributed by atoms with Crippen molar-refractivity contribution in [2.45, 2.75) is 25.8 Å². The van der Waals surface area contributed by atoms with E-state index in [9.17, 15) is 4.79 Å². The number of carbonyl (C=O) groups is 1. The van der Waals surface area contributed by atoms with Crippen LogP contribution in [0.4, 0.5) is 0 Å². The lowest BCUT2D eigenvalue weighted by atomic mass is 9.89. The summed E-state index contributed by atoms with van der Waals surface area (Å²) >= 11 is 3.51. The highest BCUT2D eigenvalue weighted by Gasteiger charge is 2.32. The maximum absolute atomic E-state index is 11.9. The Kier molecular flexibility index (Phi) is 4.41. The van der Waals surface area contributed by atoms with Crippen molar-refractivity contribution in [2.75, 3.05) is 26.3 Å². The van der Waals surface area contributed by atoms with E-state index in [1.165, 1.54) is 16.7 Å². The maximum Gasteiger partial charge on any atom is 0.249 e. The number of benzene rings is 2. The van der Waals surface area contributed by atoms with Crippen molar-refractivity contribution >= 4 is 21.8 Å². The molecule has 0 atom stereocenters. The normalized spacial score (nSPS) is 17.0. The SMILES string of the molecule is CC(C)(c1ccc2c(c1)Cc1c(C(N)=O)cc(Br)cc1-2)N1CCOCC1. The van der Waals surface area contributed by atoms with Gasteiger partial charge in [0, 0.05) is 28.7 Å². The molecule has 0 saturated carbocycles. The molecule has 1 amide bonds. The van der Waals surface area contributed by atoms with Crippen LogP contribution in [0.5, 0.6) is 0 Å². The summed E-state index contributed by atoms with van der Waals surface area (Å²) in [6.07, 6.45) is 0.753. The zero-order valence-electron chi connectivity index (χ0n) is 15.1. The Morgan fingerprint density at radius 3 is 2.58 bits per heavy atom. The number of primary amides is 1. The Morgan fingerprint density at radius 1 is 1.15 bits per heavy atom. The highest BCUT2D eigenvalue weighted by molar-refractivity contribution is 9.10. The van der Waals surface area contributed by atoms with Gasteiger partial charge in [-0.05, 0) is 60.2 Å². The standard InChI is InChI=1S/C21H23BrN2O2/c1-21(2,24-5-7-26-8-6-24)14-3-4-16-13(9-14)10-17-18(16)11-15(22)12-19(17)20(23)25/h3-4,9,11-12H,5-8,10H2,1-2H3,(H2,23,25). The highest BCUT2D eigenvalue weighted by atomic mass is 79.9. The summed E-state index contributed by atoms with van der Waals surface area (Å²) in [5, 5.41) is 0. The summed E-state index contributed by atoms with van der Waals surface area (Å²) in [5.74, 6) is -0.371. The fraction of sp³-hybridized carbons (Fsp3) is 0.381. The zero-order valence-corrected chi connectivity index (χ0v) is 16.7.